The van der Waals surface area contributed by atoms with Crippen molar-refractivity contribution in [1.82, 2.24) is 4.98 Å². The Morgan fingerprint density at radius 1 is 0.905 bits per heavy atom. The highest BCUT2D eigenvalue weighted by Crippen LogP contribution is 2.24. The predicted molar refractivity (Wildman–Crippen MR) is 91.0 cm³/mol. The van der Waals surface area contributed by atoms with Crippen LogP contribution in [0.5, 0.6) is 0 Å². The van der Waals surface area contributed by atoms with Gasteiger partial charge < -0.3 is 0 Å². The number of rotatable bonds is 3. The Balaban J connectivity index is 1.85. The smallest absolute Gasteiger partial charge is 0.0976 e. The van der Waals surface area contributed by atoms with Crippen molar-refractivity contribution in [3.8, 4) is 11.3 Å². The molecule has 0 radical (unpaired) electrons. The molecule has 1 heterocycles. The summed E-state index contributed by atoms with van der Waals surface area (Å²) in [5, 5.41) is 3.34. The fourth-order valence-corrected chi connectivity index (χ4v) is 3.23. The summed E-state index contributed by atoms with van der Waals surface area (Å²) in [7, 11) is 0. The predicted octanol–water partition coefficient (Wildman–Crippen LogP) is 5.33. The fraction of sp³-hybridized carbons (Fsp3) is 0.211. The van der Waals surface area contributed by atoms with Gasteiger partial charge in [0.05, 0.1) is 10.7 Å². The molecule has 0 bridgehead atoms. The summed E-state index contributed by atoms with van der Waals surface area (Å²) in [5.41, 5.74) is 7.59. The number of hydrogen-bond donors (Lipinski definition) is 0. The molecular formula is C19H19NS. The van der Waals surface area contributed by atoms with Crippen LogP contribution in [0.15, 0.2) is 47.8 Å². The molecule has 0 saturated carbocycles. The SMILES string of the molecule is Cc1ccc(-c2csc(Cc3cc(C)ccc3C)n2)cc1. The van der Waals surface area contributed by atoms with Crippen molar-refractivity contribution < 1.29 is 0 Å². The molecule has 0 aliphatic rings. The zero-order chi connectivity index (χ0) is 14.8. The first-order chi connectivity index (χ1) is 10.1. The van der Waals surface area contributed by atoms with Crippen molar-refractivity contribution in [3.63, 3.8) is 0 Å². The first-order valence-corrected chi connectivity index (χ1v) is 8.07. The van der Waals surface area contributed by atoms with Gasteiger partial charge in [-0.3, -0.25) is 0 Å². The monoisotopic (exact) mass is 293 g/mol. The van der Waals surface area contributed by atoms with E-state index >= 15 is 0 Å². The Kier molecular flexibility index (Phi) is 3.89. The van der Waals surface area contributed by atoms with Gasteiger partial charge in [-0.25, -0.2) is 4.98 Å². The molecule has 3 aromatic rings. The van der Waals surface area contributed by atoms with Crippen LogP contribution in [-0.4, -0.2) is 4.98 Å². The van der Waals surface area contributed by atoms with E-state index in [1.165, 1.54) is 32.8 Å². The second-order valence-corrected chi connectivity index (χ2v) is 6.54. The third-order valence-corrected chi connectivity index (χ3v) is 4.59. The molecule has 2 aromatic carbocycles. The standard InChI is InChI=1S/C19H19NS/c1-13-5-8-16(9-6-13)18-12-21-19(20-18)11-17-10-14(2)4-7-15(17)3/h4-10,12H,11H2,1-3H3. The van der Waals surface area contributed by atoms with Crippen molar-refractivity contribution in [2.45, 2.75) is 27.2 Å². The van der Waals surface area contributed by atoms with Gasteiger partial charge in [0, 0.05) is 17.4 Å². The highest BCUT2D eigenvalue weighted by Gasteiger charge is 2.07. The van der Waals surface area contributed by atoms with E-state index in [1.807, 2.05) is 0 Å². The molecule has 0 saturated heterocycles. The lowest BCUT2D eigenvalue weighted by Crippen LogP contribution is -1.92. The Morgan fingerprint density at radius 2 is 1.62 bits per heavy atom. The maximum absolute atomic E-state index is 4.79. The molecule has 0 aliphatic heterocycles. The average Bonchev–Trinajstić information content (AvgIpc) is 2.92. The van der Waals surface area contributed by atoms with Gasteiger partial charge in [-0.15, -0.1) is 11.3 Å². The van der Waals surface area contributed by atoms with Gasteiger partial charge in [-0.05, 0) is 31.9 Å². The van der Waals surface area contributed by atoms with Gasteiger partial charge in [-0.1, -0.05) is 53.6 Å². The van der Waals surface area contributed by atoms with Crippen LogP contribution in [0.4, 0.5) is 0 Å². The molecule has 1 aromatic heterocycles. The van der Waals surface area contributed by atoms with Crippen LogP contribution in [0.3, 0.4) is 0 Å². The van der Waals surface area contributed by atoms with Gasteiger partial charge in [-0.2, -0.15) is 0 Å². The van der Waals surface area contributed by atoms with Crippen LogP contribution < -0.4 is 0 Å². The molecule has 0 amide bonds. The zero-order valence-electron chi connectivity index (χ0n) is 12.7. The van der Waals surface area contributed by atoms with Crippen molar-refractivity contribution in [1.29, 1.82) is 0 Å². The van der Waals surface area contributed by atoms with E-state index in [0.717, 1.165) is 12.1 Å². The van der Waals surface area contributed by atoms with Crippen molar-refractivity contribution in [2.75, 3.05) is 0 Å². The van der Waals surface area contributed by atoms with Crippen molar-refractivity contribution >= 4 is 11.3 Å². The van der Waals surface area contributed by atoms with E-state index in [2.05, 4.69) is 68.6 Å². The lowest BCUT2D eigenvalue weighted by atomic mass is 10.0. The Labute approximate surface area is 130 Å². The second kappa shape index (κ2) is 5.82. The maximum Gasteiger partial charge on any atom is 0.0976 e. The third-order valence-electron chi connectivity index (χ3n) is 3.75. The zero-order valence-corrected chi connectivity index (χ0v) is 13.5. The number of hydrogen-bond acceptors (Lipinski definition) is 2. The molecule has 2 heteroatoms. The average molecular weight is 293 g/mol. The number of thiazole rings is 1. The van der Waals surface area contributed by atoms with Crippen LogP contribution in [0, 0.1) is 20.8 Å². The molecule has 21 heavy (non-hydrogen) atoms. The molecule has 3 rings (SSSR count). The van der Waals surface area contributed by atoms with Crippen molar-refractivity contribution in [3.05, 3.63) is 75.1 Å². The van der Waals surface area contributed by atoms with Crippen LogP contribution in [0.2, 0.25) is 0 Å². The second-order valence-electron chi connectivity index (χ2n) is 5.60. The van der Waals surface area contributed by atoms with Gasteiger partial charge in [0.25, 0.3) is 0 Å². The molecule has 1 nitrogen and oxygen atoms in total. The topological polar surface area (TPSA) is 12.9 Å². The number of nitrogens with zero attached hydrogens (tertiary/aromatic N) is 1. The molecule has 0 atom stereocenters. The molecule has 106 valence electrons. The number of aryl methyl sites for hydroxylation is 3. The summed E-state index contributed by atoms with van der Waals surface area (Å²) < 4.78 is 0. The van der Waals surface area contributed by atoms with Gasteiger partial charge in [0.1, 0.15) is 0 Å². The minimum absolute atomic E-state index is 0.921. The normalized spacial score (nSPS) is 10.8. The first-order valence-electron chi connectivity index (χ1n) is 7.19. The van der Waals surface area contributed by atoms with Gasteiger partial charge in [0.15, 0.2) is 0 Å². The van der Waals surface area contributed by atoms with Gasteiger partial charge >= 0.3 is 0 Å². The molecule has 0 N–H and O–H groups in total. The Morgan fingerprint density at radius 3 is 2.38 bits per heavy atom. The molecule has 0 unspecified atom stereocenters. The van der Waals surface area contributed by atoms with E-state index in [4.69, 9.17) is 4.98 Å². The Bertz CT molecular complexity index is 753. The van der Waals surface area contributed by atoms with Gasteiger partial charge in [0.2, 0.25) is 0 Å². The summed E-state index contributed by atoms with van der Waals surface area (Å²) >= 11 is 1.75. The van der Waals surface area contributed by atoms with E-state index in [9.17, 15) is 0 Å². The summed E-state index contributed by atoms with van der Waals surface area (Å²) in [6.07, 6.45) is 0.921. The summed E-state index contributed by atoms with van der Waals surface area (Å²) in [6.45, 7) is 6.42. The molecule has 0 fully saturated rings. The number of aromatic nitrogens is 1. The Hall–Kier alpha value is -1.93. The lowest BCUT2D eigenvalue weighted by Gasteiger charge is -2.05. The third kappa shape index (κ3) is 3.22. The quantitative estimate of drug-likeness (QED) is 0.636. The van der Waals surface area contributed by atoms with E-state index in [-0.39, 0.29) is 0 Å². The number of benzene rings is 2. The van der Waals surface area contributed by atoms with Crippen molar-refractivity contribution in [2.24, 2.45) is 0 Å². The minimum atomic E-state index is 0.921. The lowest BCUT2D eigenvalue weighted by molar-refractivity contribution is 1.11. The fourth-order valence-electron chi connectivity index (χ4n) is 2.40. The van der Waals surface area contributed by atoms with Crippen LogP contribution >= 0.6 is 11.3 Å². The van der Waals surface area contributed by atoms with Crippen LogP contribution in [-0.2, 0) is 6.42 Å². The van der Waals surface area contributed by atoms with Crippen LogP contribution in [0.25, 0.3) is 11.3 Å². The highest BCUT2D eigenvalue weighted by atomic mass is 32.1. The summed E-state index contributed by atoms with van der Waals surface area (Å²) in [5.74, 6) is 0. The molecule has 0 spiro atoms. The largest absolute Gasteiger partial charge is 0.241 e. The maximum atomic E-state index is 4.79. The summed E-state index contributed by atoms with van der Waals surface area (Å²) in [4.78, 5) is 4.79. The first kappa shape index (κ1) is 14.0. The van der Waals surface area contributed by atoms with Crippen LogP contribution in [0.1, 0.15) is 27.3 Å². The van der Waals surface area contributed by atoms with E-state index < -0.39 is 0 Å². The van der Waals surface area contributed by atoms with E-state index in [0.29, 0.717) is 0 Å². The molecule has 0 aliphatic carbocycles. The summed E-state index contributed by atoms with van der Waals surface area (Å²) in [6, 6.07) is 15.2. The molecular weight excluding hydrogens is 274 g/mol. The minimum Gasteiger partial charge on any atom is -0.241 e. The highest BCUT2D eigenvalue weighted by molar-refractivity contribution is 7.10. The van der Waals surface area contributed by atoms with E-state index in [1.54, 1.807) is 11.3 Å².